The van der Waals surface area contributed by atoms with Gasteiger partial charge in [-0.1, -0.05) is 23.7 Å². The maximum absolute atomic E-state index is 11.8. The van der Waals surface area contributed by atoms with Gasteiger partial charge >= 0.3 is 5.97 Å². The molecule has 0 aliphatic carbocycles. The lowest BCUT2D eigenvalue weighted by molar-refractivity contribution is -0.147. The zero-order chi connectivity index (χ0) is 16.9. The van der Waals surface area contributed by atoms with Crippen molar-refractivity contribution in [1.29, 1.82) is 0 Å². The summed E-state index contributed by atoms with van der Waals surface area (Å²) in [6.07, 6.45) is 3.68. The molecule has 124 valence electrons. The van der Waals surface area contributed by atoms with Crippen LogP contribution in [0.15, 0.2) is 42.0 Å². The van der Waals surface area contributed by atoms with Crippen molar-refractivity contribution in [2.24, 2.45) is 0 Å². The highest BCUT2D eigenvalue weighted by Crippen LogP contribution is 2.12. The number of carbonyl (C=O) groups excluding carboxylic acids is 2. The molecule has 0 aliphatic heterocycles. The van der Waals surface area contributed by atoms with E-state index in [1.807, 2.05) is 28.1 Å². The Hall–Kier alpha value is -2.38. The molecule has 0 spiro atoms. The van der Waals surface area contributed by atoms with Crippen molar-refractivity contribution in [3.63, 3.8) is 0 Å². The number of halogens is 1. The van der Waals surface area contributed by atoms with Crippen LogP contribution in [-0.4, -0.2) is 27.9 Å². The fraction of sp³-hybridized carbons (Fsp3) is 0.188. The number of fused-ring (bicyclic) bond motifs is 1. The molecule has 3 rings (SSSR count). The summed E-state index contributed by atoms with van der Waals surface area (Å²) in [4.78, 5) is 28.6. The molecule has 0 saturated carbocycles. The van der Waals surface area contributed by atoms with Crippen LogP contribution in [0.2, 0.25) is 5.02 Å². The number of imidazole rings is 1. The number of benzene rings is 1. The molecule has 0 atom stereocenters. The molecule has 0 radical (unpaired) electrons. The molecule has 0 fully saturated rings. The lowest BCUT2D eigenvalue weighted by atomic mass is 10.2. The molecule has 0 aliphatic rings. The van der Waals surface area contributed by atoms with Gasteiger partial charge in [0.05, 0.1) is 12.1 Å². The minimum absolute atomic E-state index is 0.0405. The number of rotatable bonds is 6. The lowest BCUT2D eigenvalue weighted by Gasteiger charge is -2.06. The number of carbonyl (C=O) groups is 2. The van der Waals surface area contributed by atoms with Crippen molar-refractivity contribution in [2.45, 2.75) is 13.0 Å². The van der Waals surface area contributed by atoms with Gasteiger partial charge in [0.15, 0.2) is 11.6 Å². The Morgan fingerprint density at radius 2 is 2.08 bits per heavy atom. The van der Waals surface area contributed by atoms with Crippen LogP contribution in [0, 0.1) is 0 Å². The maximum atomic E-state index is 11.8. The fourth-order valence-corrected chi connectivity index (χ4v) is 2.91. The van der Waals surface area contributed by atoms with Gasteiger partial charge in [-0.15, -0.1) is 11.3 Å². The van der Waals surface area contributed by atoms with Gasteiger partial charge in [-0.2, -0.15) is 0 Å². The molecule has 2 heterocycles. The Bertz CT molecular complexity index is 828. The van der Waals surface area contributed by atoms with Crippen LogP contribution >= 0.6 is 22.9 Å². The quantitative estimate of drug-likeness (QED) is 0.683. The number of amides is 1. The number of aromatic nitrogens is 2. The summed E-state index contributed by atoms with van der Waals surface area (Å²) in [5.41, 5.74) is 1.53. The topological polar surface area (TPSA) is 72.7 Å². The van der Waals surface area contributed by atoms with Crippen LogP contribution in [-0.2, 0) is 27.3 Å². The molecule has 8 heteroatoms. The SMILES string of the molecule is O=C(COC(=O)Cc1cn2ccsc2n1)NCc1ccc(Cl)cc1. The molecule has 3 aromatic rings. The first-order valence-corrected chi connectivity index (χ1v) is 8.44. The molecule has 2 aromatic heterocycles. The summed E-state index contributed by atoms with van der Waals surface area (Å²) in [5.74, 6) is -0.841. The number of nitrogens with one attached hydrogen (secondary N) is 1. The average molecular weight is 364 g/mol. The number of ether oxygens (including phenoxy) is 1. The monoisotopic (exact) mass is 363 g/mol. The molecule has 1 aromatic carbocycles. The van der Waals surface area contributed by atoms with Gasteiger partial charge in [0, 0.05) is 29.3 Å². The molecule has 0 saturated heterocycles. The highest BCUT2D eigenvalue weighted by molar-refractivity contribution is 7.15. The maximum Gasteiger partial charge on any atom is 0.312 e. The smallest absolute Gasteiger partial charge is 0.312 e. The summed E-state index contributed by atoms with van der Waals surface area (Å²) in [6, 6.07) is 7.13. The largest absolute Gasteiger partial charge is 0.455 e. The second kappa shape index (κ2) is 7.46. The van der Waals surface area contributed by atoms with Crippen LogP contribution in [0.3, 0.4) is 0 Å². The van der Waals surface area contributed by atoms with Crippen LogP contribution in [0.25, 0.3) is 4.96 Å². The zero-order valence-electron chi connectivity index (χ0n) is 12.6. The van der Waals surface area contributed by atoms with Crippen LogP contribution in [0.1, 0.15) is 11.3 Å². The molecule has 1 amide bonds. The normalized spacial score (nSPS) is 10.7. The Kier molecular flexibility index (Phi) is 5.12. The molecular weight excluding hydrogens is 350 g/mol. The lowest BCUT2D eigenvalue weighted by Crippen LogP contribution is -2.28. The number of hydrogen-bond acceptors (Lipinski definition) is 5. The molecule has 6 nitrogen and oxygen atoms in total. The highest BCUT2D eigenvalue weighted by atomic mass is 35.5. The summed E-state index contributed by atoms with van der Waals surface area (Å²) in [6.45, 7) is 0.0412. The summed E-state index contributed by atoms with van der Waals surface area (Å²) in [7, 11) is 0. The molecule has 0 bridgehead atoms. The van der Waals surface area contributed by atoms with Gasteiger partial charge in [-0.25, -0.2) is 4.98 Å². The average Bonchev–Trinajstić information content (AvgIpc) is 3.13. The Morgan fingerprint density at radius 3 is 2.83 bits per heavy atom. The van der Waals surface area contributed by atoms with E-state index in [9.17, 15) is 9.59 Å². The van der Waals surface area contributed by atoms with Crippen molar-refractivity contribution in [1.82, 2.24) is 14.7 Å². The van der Waals surface area contributed by atoms with E-state index < -0.39 is 5.97 Å². The van der Waals surface area contributed by atoms with Crippen molar-refractivity contribution >= 4 is 39.8 Å². The second-order valence-corrected chi connectivity index (χ2v) is 6.38. The third-order valence-electron chi connectivity index (χ3n) is 3.24. The van der Waals surface area contributed by atoms with Crippen LogP contribution in [0.4, 0.5) is 0 Å². The number of hydrogen-bond donors (Lipinski definition) is 1. The van der Waals surface area contributed by atoms with Gasteiger partial charge in [-0.3, -0.25) is 14.0 Å². The van der Waals surface area contributed by atoms with Crippen molar-refractivity contribution in [3.8, 4) is 0 Å². The minimum Gasteiger partial charge on any atom is -0.455 e. The van der Waals surface area contributed by atoms with Crippen LogP contribution < -0.4 is 5.32 Å². The Balaban J connectivity index is 1.41. The van der Waals surface area contributed by atoms with E-state index in [2.05, 4.69) is 10.3 Å². The van der Waals surface area contributed by atoms with E-state index >= 15 is 0 Å². The van der Waals surface area contributed by atoms with Crippen molar-refractivity contribution in [3.05, 3.63) is 58.3 Å². The predicted octanol–water partition coefficient (Wildman–Crippen LogP) is 2.45. The van der Waals surface area contributed by atoms with E-state index in [0.717, 1.165) is 10.5 Å². The fourth-order valence-electron chi connectivity index (χ4n) is 2.06. The zero-order valence-corrected chi connectivity index (χ0v) is 14.1. The van der Waals surface area contributed by atoms with Gasteiger partial charge < -0.3 is 10.1 Å². The third kappa shape index (κ3) is 4.33. The van der Waals surface area contributed by atoms with E-state index in [1.54, 1.807) is 18.3 Å². The summed E-state index contributed by atoms with van der Waals surface area (Å²) < 4.78 is 6.81. The number of esters is 1. The van der Waals surface area contributed by atoms with Gasteiger partial charge in [0.1, 0.15) is 0 Å². The molecule has 24 heavy (non-hydrogen) atoms. The van der Waals surface area contributed by atoms with Crippen molar-refractivity contribution in [2.75, 3.05) is 6.61 Å². The predicted molar refractivity (Wildman–Crippen MR) is 91.0 cm³/mol. The third-order valence-corrected chi connectivity index (χ3v) is 4.26. The van der Waals surface area contributed by atoms with Crippen molar-refractivity contribution < 1.29 is 14.3 Å². The van der Waals surface area contributed by atoms with Gasteiger partial charge in [0.25, 0.3) is 5.91 Å². The first-order valence-electron chi connectivity index (χ1n) is 7.18. The first kappa shape index (κ1) is 16.5. The second-order valence-electron chi connectivity index (χ2n) is 5.07. The minimum atomic E-state index is -0.484. The van der Waals surface area contributed by atoms with E-state index in [4.69, 9.17) is 16.3 Å². The van der Waals surface area contributed by atoms with Gasteiger partial charge in [-0.05, 0) is 17.7 Å². The summed E-state index contributed by atoms with van der Waals surface area (Å²) in [5, 5.41) is 5.23. The number of nitrogens with zero attached hydrogens (tertiary/aromatic N) is 2. The first-order chi connectivity index (χ1) is 11.6. The Morgan fingerprint density at radius 1 is 1.29 bits per heavy atom. The molecular formula is C16H14ClN3O3S. The van der Waals surface area contributed by atoms with E-state index in [0.29, 0.717) is 17.3 Å². The summed E-state index contributed by atoms with van der Waals surface area (Å²) >= 11 is 7.28. The molecule has 0 unspecified atom stereocenters. The van der Waals surface area contributed by atoms with Gasteiger partial charge in [0.2, 0.25) is 0 Å². The Labute approximate surface area is 147 Å². The molecule has 1 N–H and O–H groups in total. The van der Waals surface area contributed by atoms with Crippen LogP contribution in [0.5, 0.6) is 0 Å². The van der Waals surface area contributed by atoms with E-state index in [1.165, 1.54) is 11.3 Å². The standard InChI is InChI=1S/C16H14ClN3O3S/c17-12-3-1-11(2-4-12)8-18-14(21)10-23-15(22)7-13-9-20-5-6-24-16(20)19-13/h1-6,9H,7-8,10H2,(H,18,21). The number of thiazole rings is 1. The van der Waals surface area contributed by atoms with E-state index in [-0.39, 0.29) is 18.9 Å². The highest BCUT2D eigenvalue weighted by Gasteiger charge is 2.11.